The van der Waals surface area contributed by atoms with Gasteiger partial charge in [0.15, 0.2) is 0 Å². The lowest BCUT2D eigenvalue weighted by atomic mass is 10.1. The Morgan fingerprint density at radius 1 is 1.20 bits per heavy atom. The number of rotatable bonds is 13. The molecule has 0 fully saturated rings. The van der Waals surface area contributed by atoms with E-state index < -0.39 is 5.51 Å². The Labute approximate surface area is 235 Å². The maximum Gasteiger partial charge on any atom is 0.446 e. The average Bonchev–Trinajstić information content (AvgIpc) is 3.27. The summed E-state index contributed by atoms with van der Waals surface area (Å²) in [7, 11) is 3.01. The second-order valence-electron chi connectivity index (χ2n) is 8.58. The minimum absolute atomic E-state index is 0.00246. The third-order valence-electron chi connectivity index (χ3n) is 5.78. The molecule has 40 heavy (non-hydrogen) atoms. The Balaban J connectivity index is 1.84. The topological polar surface area (TPSA) is 103 Å². The predicted octanol–water partition coefficient (Wildman–Crippen LogP) is 3.89. The van der Waals surface area contributed by atoms with Gasteiger partial charge in [-0.2, -0.15) is 18.3 Å². The first-order chi connectivity index (χ1) is 19.2. The molecular formula is C27H33F3N6O3S. The van der Waals surface area contributed by atoms with Crippen LogP contribution in [0.5, 0.6) is 5.75 Å². The van der Waals surface area contributed by atoms with Gasteiger partial charge in [-0.15, -0.1) is 0 Å². The van der Waals surface area contributed by atoms with E-state index in [2.05, 4.69) is 44.7 Å². The van der Waals surface area contributed by atoms with Crippen LogP contribution in [0.4, 0.5) is 24.7 Å². The summed E-state index contributed by atoms with van der Waals surface area (Å²) in [4.78, 5) is 14.0. The summed E-state index contributed by atoms with van der Waals surface area (Å²) >= 11 is -0.252. The molecule has 1 amide bonds. The molecule has 0 bridgehead atoms. The summed E-state index contributed by atoms with van der Waals surface area (Å²) in [5.74, 6) is 6.35. The van der Waals surface area contributed by atoms with Crippen LogP contribution in [0, 0.1) is 11.8 Å². The van der Waals surface area contributed by atoms with Crippen LogP contribution in [0.2, 0.25) is 0 Å². The highest BCUT2D eigenvalue weighted by Crippen LogP contribution is 2.41. The number of nitrogens with zero attached hydrogens (tertiary/aromatic N) is 3. The molecule has 216 valence electrons. The molecule has 0 saturated carbocycles. The SMILES string of the molecule is CCCN(CCO)CCNc1cccc2c(SC(F)(F)F)c(C#CCNc3cc(C(=O)NC)ccc3OC)nn12. The highest BCUT2D eigenvalue weighted by molar-refractivity contribution is 8.00. The summed E-state index contributed by atoms with van der Waals surface area (Å²) in [5.41, 5.74) is -3.32. The number of nitrogens with one attached hydrogen (secondary N) is 3. The molecule has 0 radical (unpaired) electrons. The molecule has 2 aromatic heterocycles. The molecule has 0 aliphatic heterocycles. The number of halogens is 3. The van der Waals surface area contributed by atoms with Gasteiger partial charge in [0.2, 0.25) is 0 Å². The number of carbonyl (C=O) groups is 1. The number of alkyl halides is 3. The van der Waals surface area contributed by atoms with Gasteiger partial charge in [-0.1, -0.05) is 18.9 Å². The smallest absolute Gasteiger partial charge is 0.446 e. The molecule has 0 spiro atoms. The summed E-state index contributed by atoms with van der Waals surface area (Å²) in [6.45, 7) is 4.72. The predicted molar refractivity (Wildman–Crippen MR) is 151 cm³/mol. The molecule has 4 N–H and O–H groups in total. The fraction of sp³-hybridized carbons (Fsp3) is 0.407. The zero-order valence-electron chi connectivity index (χ0n) is 22.6. The van der Waals surface area contributed by atoms with E-state index in [1.165, 1.54) is 18.7 Å². The minimum Gasteiger partial charge on any atom is -0.495 e. The number of carbonyl (C=O) groups excluding carboxylic acids is 1. The third kappa shape index (κ3) is 8.45. The molecule has 0 aliphatic rings. The molecule has 0 unspecified atom stereocenters. The number of benzene rings is 1. The number of methoxy groups -OCH3 is 1. The lowest BCUT2D eigenvalue weighted by molar-refractivity contribution is -0.0327. The van der Waals surface area contributed by atoms with Crippen LogP contribution in [0.3, 0.4) is 0 Å². The third-order valence-corrected chi connectivity index (χ3v) is 6.62. The van der Waals surface area contributed by atoms with E-state index in [-0.39, 0.29) is 46.9 Å². The molecule has 13 heteroatoms. The first-order valence-electron chi connectivity index (χ1n) is 12.7. The number of hydrogen-bond donors (Lipinski definition) is 4. The van der Waals surface area contributed by atoms with Crippen LogP contribution < -0.4 is 20.7 Å². The Morgan fingerprint density at radius 2 is 2.00 bits per heavy atom. The number of ether oxygens (including phenoxy) is 1. The van der Waals surface area contributed by atoms with E-state index in [9.17, 15) is 23.1 Å². The number of fused-ring (bicyclic) bond motifs is 1. The van der Waals surface area contributed by atoms with E-state index >= 15 is 0 Å². The lowest BCUT2D eigenvalue weighted by Gasteiger charge is -2.21. The Bertz CT molecular complexity index is 1350. The van der Waals surface area contributed by atoms with Gasteiger partial charge in [0.1, 0.15) is 17.3 Å². The summed E-state index contributed by atoms with van der Waals surface area (Å²) in [6.07, 6.45) is 0.940. The number of hydrogen-bond acceptors (Lipinski definition) is 8. The maximum absolute atomic E-state index is 13.5. The molecule has 9 nitrogen and oxygen atoms in total. The monoisotopic (exact) mass is 578 g/mol. The van der Waals surface area contributed by atoms with Crippen LogP contribution in [0.1, 0.15) is 29.4 Å². The molecule has 3 aromatic rings. The van der Waals surface area contributed by atoms with Crippen molar-refractivity contribution in [3.05, 3.63) is 47.7 Å². The van der Waals surface area contributed by atoms with Crippen molar-refractivity contribution in [3.8, 4) is 17.6 Å². The van der Waals surface area contributed by atoms with Crippen molar-refractivity contribution >= 4 is 34.7 Å². The highest BCUT2D eigenvalue weighted by Gasteiger charge is 2.33. The second kappa shape index (κ2) is 14.7. The van der Waals surface area contributed by atoms with Crippen molar-refractivity contribution in [1.82, 2.24) is 19.8 Å². The van der Waals surface area contributed by atoms with Gasteiger partial charge >= 0.3 is 5.51 Å². The van der Waals surface area contributed by atoms with Crippen molar-refractivity contribution in [2.75, 3.05) is 64.1 Å². The van der Waals surface area contributed by atoms with Crippen molar-refractivity contribution in [3.63, 3.8) is 0 Å². The number of anilines is 2. The van der Waals surface area contributed by atoms with Crippen molar-refractivity contribution in [1.29, 1.82) is 0 Å². The van der Waals surface area contributed by atoms with Gasteiger partial charge in [0, 0.05) is 32.2 Å². The Kier molecular flexibility index (Phi) is 11.4. The van der Waals surface area contributed by atoms with Gasteiger partial charge in [0.05, 0.1) is 36.4 Å². The normalized spacial score (nSPS) is 11.3. The fourth-order valence-corrected chi connectivity index (χ4v) is 4.69. The van der Waals surface area contributed by atoms with Crippen LogP contribution in [0.15, 0.2) is 41.3 Å². The summed E-state index contributed by atoms with van der Waals surface area (Å²) in [6, 6.07) is 9.84. The Morgan fingerprint density at radius 3 is 2.67 bits per heavy atom. The van der Waals surface area contributed by atoms with Crippen molar-refractivity contribution < 1.29 is 27.8 Å². The summed E-state index contributed by atoms with van der Waals surface area (Å²) < 4.78 is 47.1. The van der Waals surface area contributed by atoms with Crippen molar-refractivity contribution in [2.24, 2.45) is 0 Å². The molecule has 0 saturated heterocycles. The number of aromatic nitrogens is 2. The van der Waals surface area contributed by atoms with Gasteiger partial charge in [-0.3, -0.25) is 9.69 Å². The first kappa shape index (κ1) is 30.9. The van der Waals surface area contributed by atoms with Gasteiger partial charge in [0.25, 0.3) is 5.91 Å². The minimum atomic E-state index is -4.53. The van der Waals surface area contributed by atoms with E-state index in [0.29, 0.717) is 42.5 Å². The van der Waals surface area contributed by atoms with E-state index in [4.69, 9.17) is 4.74 Å². The van der Waals surface area contributed by atoms with Crippen LogP contribution in [-0.2, 0) is 0 Å². The average molecular weight is 579 g/mol. The number of pyridine rings is 1. The van der Waals surface area contributed by atoms with Crippen LogP contribution >= 0.6 is 11.8 Å². The van der Waals surface area contributed by atoms with E-state index in [0.717, 1.165) is 13.0 Å². The Hall–Kier alpha value is -3.60. The standard InChI is InChI=1S/C27H33F3N6O3S/c1-4-14-35(16-17-37)15-13-33-24-9-5-8-22-25(40-27(28,29)30)20(34-36(22)24)7-6-12-32-21-18-19(26(38)31-2)10-11-23(21)39-3/h5,8-11,18,32-33,37H,4,12-17H2,1-3H3,(H,31,38). The number of amides is 1. The highest BCUT2D eigenvalue weighted by atomic mass is 32.2. The molecule has 3 rings (SSSR count). The lowest BCUT2D eigenvalue weighted by Crippen LogP contribution is -2.32. The number of aliphatic hydroxyl groups excluding tert-OH is 1. The zero-order chi connectivity index (χ0) is 29.1. The van der Waals surface area contributed by atoms with Gasteiger partial charge in [-0.05, 0) is 61.0 Å². The van der Waals surface area contributed by atoms with E-state index in [1.807, 2.05) is 0 Å². The van der Waals surface area contributed by atoms with Gasteiger partial charge < -0.3 is 25.8 Å². The fourth-order valence-electron chi connectivity index (χ4n) is 4.01. The van der Waals surface area contributed by atoms with Crippen LogP contribution in [0.25, 0.3) is 5.52 Å². The number of aliphatic hydroxyl groups is 1. The molecule has 2 heterocycles. The maximum atomic E-state index is 13.5. The van der Waals surface area contributed by atoms with Gasteiger partial charge in [-0.25, -0.2) is 4.52 Å². The second-order valence-corrected chi connectivity index (χ2v) is 9.65. The zero-order valence-corrected chi connectivity index (χ0v) is 23.4. The quantitative estimate of drug-likeness (QED) is 0.179. The number of thioether (sulfide) groups is 1. The largest absolute Gasteiger partial charge is 0.495 e. The molecule has 0 aliphatic carbocycles. The van der Waals surface area contributed by atoms with Crippen LogP contribution in [-0.4, -0.2) is 84.5 Å². The van der Waals surface area contributed by atoms with E-state index in [1.54, 1.807) is 36.4 Å². The summed E-state index contributed by atoms with van der Waals surface area (Å²) in [5, 5.41) is 22.5. The molecule has 0 atom stereocenters. The molecule has 1 aromatic carbocycles. The first-order valence-corrected chi connectivity index (χ1v) is 13.5. The van der Waals surface area contributed by atoms with Crippen molar-refractivity contribution in [2.45, 2.75) is 23.7 Å². The molecular weight excluding hydrogens is 545 g/mol.